The Morgan fingerprint density at radius 3 is 2.81 bits per heavy atom. The molecule has 0 saturated carbocycles. The first-order valence-corrected chi connectivity index (χ1v) is 10.3. The summed E-state index contributed by atoms with van der Waals surface area (Å²) in [5, 5.41) is 2.93. The van der Waals surface area contributed by atoms with Crippen molar-refractivity contribution in [3.05, 3.63) is 66.0 Å². The van der Waals surface area contributed by atoms with Gasteiger partial charge in [0.1, 0.15) is 0 Å². The number of aryl methyl sites for hydroxylation is 1. The largest absolute Gasteiger partial charge is 0.416 e. The van der Waals surface area contributed by atoms with E-state index in [-0.39, 0.29) is 12.1 Å². The number of urea groups is 1. The summed E-state index contributed by atoms with van der Waals surface area (Å²) in [6.45, 7) is 3.34. The molecule has 1 atom stereocenters. The number of benzene rings is 1. The molecule has 164 valence electrons. The van der Waals surface area contributed by atoms with Crippen LogP contribution in [0.15, 0.2) is 54.9 Å². The minimum absolute atomic E-state index is 0.0612. The molecule has 2 aliphatic heterocycles. The Balaban J connectivity index is 1.54. The molecule has 2 bridgehead atoms. The SMILES string of the molecule is Cc1cnccc1NC(=O)N1c2nc(-c3cccc(C(F)(F)F)c3)ccc2N2CC[C@H]1C2. The number of rotatable bonds is 2. The highest BCUT2D eigenvalue weighted by molar-refractivity contribution is 6.05. The summed E-state index contributed by atoms with van der Waals surface area (Å²) in [5.41, 5.74) is 2.28. The number of amides is 2. The van der Waals surface area contributed by atoms with Crippen LogP contribution in [0.5, 0.6) is 0 Å². The number of nitrogens with one attached hydrogen (secondary N) is 1. The first kappa shape index (κ1) is 20.3. The number of fused-ring (bicyclic) bond motifs is 4. The first-order chi connectivity index (χ1) is 15.3. The third-order valence-corrected chi connectivity index (χ3v) is 5.92. The van der Waals surface area contributed by atoms with Crippen LogP contribution in [-0.2, 0) is 6.18 Å². The summed E-state index contributed by atoms with van der Waals surface area (Å²) < 4.78 is 39.5. The molecule has 2 aliphatic rings. The number of hydrogen-bond donors (Lipinski definition) is 1. The number of pyridine rings is 2. The van der Waals surface area contributed by atoms with Gasteiger partial charge in [-0.15, -0.1) is 0 Å². The van der Waals surface area contributed by atoms with Gasteiger partial charge in [0.15, 0.2) is 5.82 Å². The van der Waals surface area contributed by atoms with Crippen molar-refractivity contribution >= 4 is 23.2 Å². The summed E-state index contributed by atoms with van der Waals surface area (Å²) in [4.78, 5) is 25.8. The van der Waals surface area contributed by atoms with Crippen LogP contribution in [0, 0.1) is 6.92 Å². The summed E-state index contributed by atoms with van der Waals surface area (Å²) in [5.74, 6) is 0.456. The van der Waals surface area contributed by atoms with Gasteiger partial charge in [-0.05, 0) is 49.2 Å². The molecule has 4 heterocycles. The number of hydrogen-bond acceptors (Lipinski definition) is 4. The molecule has 2 aromatic heterocycles. The lowest BCUT2D eigenvalue weighted by molar-refractivity contribution is -0.137. The number of carbonyl (C=O) groups is 1. The Bertz CT molecular complexity index is 1200. The van der Waals surface area contributed by atoms with Crippen molar-refractivity contribution in [3.63, 3.8) is 0 Å². The number of anilines is 3. The van der Waals surface area contributed by atoms with Crippen molar-refractivity contribution in [3.8, 4) is 11.3 Å². The van der Waals surface area contributed by atoms with Crippen LogP contribution in [0.3, 0.4) is 0 Å². The fraction of sp³-hybridized carbons (Fsp3) is 0.261. The fourth-order valence-electron chi connectivity index (χ4n) is 4.28. The van der Waals surface area contributed by atoms with Crippen molar-refractivity contribution in [1.82, 2.24) is 9.97 Å². The van der Waals surface area contributed by atoms with Crippen LogP contribution < -0.4 is 15.1 Å². The molecule has 9 heteroatoms. The van der Waals surface area contributed by atoms with Gasteiger partial charge in [-0.25, -0.2) is 9.78 Å². The standard InChI is InChI=1S/C23H20F3N5O/c1-14-12-27-9-7-18(14)29-22(32)31-17-8-10-30(13-17)20-6-5-19(28-21(20)31)15-3-2-4-16(11-15)23(24,25)26/h2-7,9,11-12,17H,8,10,13H2,1H3,(H,27,29,32)/t17-/m0/s1. The highest BCUT2D eigenvalue weighted by atomic mass is 19.4. The molecule has 5 rings (SSSR count). The van der Waals surface area contributed by atoms with Gasteiger partial charge in [0.05, 0.1) is 23.0 Å². The molecule has 0 radical (unpaired) electrons. The van der Waals surface area contributed by atoms with Gasteiger partial charge < -0.3 is 10.2 Å². The van der Waals surface area contributed by atoms with Gasteiger partial charge in [-0.1, -0.05) is 12.1 Å². The van der Waals surface area contributed by atoms with Crippen molar-refractivity contribution < 1.29 is 18.0 Å². The molecule has 3 aromatic rings. The van der Waals surface area contributed by atoms with E-state index in [1.54, 1.807) is 35.5 Å². The third kappa shape index (κ3) is 3.53. The van der Waals surface area contributed by atoms with Crippen LogP contribution in [0.25, 0.3) is 11.3 Å². The lowest BCUT2D eigenvalue weighted by atomic mass is 10.1. The normalized spacial score (nSPS) is 17.3. The van der Waals surface area contributed by atoms with Crippen molar-refractivity contribution in [1.29, 1.82) is 0 Å². The zero-order valence-corrected chi connectivity index (χ0v) is 17.2. The smallest absolute Gasteiger partial charge is 0.366 e. The molecule has 1 fully saturated rings. The van der Waals surface area contributed by atoms with Crippen molar-refractivity contribution in [2.45, 2.75) is 25.6 Å². The topological polar surface area (TPSA) is 61.4 Å². The van der Waals surface area contributed by atoms with E-state index < -0.39 is 11.7 Å². The average molecular weight is 439 g/mol. The number of aromatic nitrogens is 2. The summed E-state index contributed by atoms with van der Waals surface area (Å²) >= 11 is 0. The number of alkyl halides is 3. The maximum atomic E-state index is 13.3. The molecule has 1 aromatic carbocycles. The van der Waals surface area contributed by atoms with E-state index in [2.05, 4.69) is 20.2 Å². The lowest BCUT2D eigenvalue weighted by Gasteiger charge is -2.36. The molecule has 6 nitrogen and oxygen atoms in total. The molecule has 1 saturated heterocycles. The summed E-state index contributed by atoms with van der Waals surface area (Å²) in [7, 11) is 0. The summed E-state index contributed by atoms with van der Waals surface area (Å²) in [6, 6.07) is 9.95. The number of halogens is 3. The van der Waals surface area contributed by atoms with Crippen molar-refractivity contribution in [2.75, 3.05) is 28.2 Å². The predicted molar refractivity (Wildman–Crippen MR) is 116 cm³/mol. The lowest BCUT2D eigenvalue weighted by Crippen LogP contribution is -2.48. The van der Waals surface area contributed by atoms with Crippen LogP contribution in [-0.4, -0.2) is 35.1 Å². The van der Waals surface area contributed by atoms with E-state index in [0.717, 1.165) is 36.3 Å². The zero-order chi connectivity index (χ0) is 22.5. The maximum Gasteiger partial charge on any atom is 0.416 e. The van der Waals surface area contributed by atoms with Crippen molar-refractivity contribution in [2.24, 2.45) is 0 Å². The van der Waals surface area contributed by atoms with Gasteiger partial charge in [-0.3, -0.25) is 9.88 Å². The van der Waals surface area contributed by atoms with E-state index in [4.69, 9.17) is 0 Å². The Labute approximate surface area is 182 Å². The second kappa shape index (κ2) is 7.51. The quantitative estimate of drug-likeness (QED) is 0.604. The van der Waals surface area contributed by atoms with Gasteiger partial charge in [0.2, 0.25) is 0 Å². The van der Waals surface area contributed by atoms with E-state index in [0.29, 0.717) is 29.3 Å². The number of nitrogens with zero attached hydrogens (tertiary/aromatic N) is 4. The van der Waals surface area contributed by atoms with Gasteiger partial charge in [-0.2, -0.15) is 13.2 Å². The Morgan fingerprint density at radius 2 is 2.03 bits per heavy atom. The fourth-order valence-corrected chi connectivity index (χ4v) is 4.28. The zero-order valence-electron chi connectivity index (χ0n) is 17.2. The van der Waals surface area contributed by atoms with E-state index >= 15 is 0 Å². The monoisotopic (exact) mass is 439 g/mol. The van der Waals surface area contributed by atoms with Crippen LogP contribution in [0.1, 0.15) is 17.5 Å². The van der Waals surface area contributed by atoms with E-state index in [9.17, 15) is 18.0 Å². The van der Waals surface area contributed by atoms with E-state index in [1.165, 1.54) is 6.07 Å². The second-order valence-corrected chi connectivity index (χ2v) is 8.00. The minimum Gasteiger partial charge on any atom is -0.366 e. The molecular weight excluding hydrogens is 419 g/mol. The summed E-state index contributed by atoms with van der Waals surface area (Å²) in [6.07, 6.45) is -0.379. The molecule has 0 spiro atoms. The molecule has 32 heavy (non-hydrogen) atoms. The molecular formula is C23H20F3N5O. The van der Waals surface area contributed by atoms with Crippen LogP contribution in [0.2, 0.25) is 0 Å². The highest BCUT2D eigenvalue weighted by Crippen LogP contribution is 2.41. The highest BCUT2D eigenvalue weighted by Gasteiger charge is 2.40. The Kier molecular flexibility index (Phi) is 4.76. The molecule has 1 N–H and O–H groups in total. The van der Waals surface area contributed by atoms with Gasteiger partial charge >= 0.3 is 12.2 Å². The van der Waals surface area contributed by atoms with Gasteiger partial charge in [0, 0.05) is 36.7 Å². The first-order valence-electron chi connectivity index (χ1n) is 10.3. The van der Waals surface area contributed by atoms with Gasteiger partial charge in [0.25, 0.3) is 0 Å². The molecule has 2 amide bonds. The third-order valence-electron chi connectivity index (χ3n) is 5.92. The minimum atomic E-state index is -4.44. The van der Waals surface area contributed by atoms with Crippen LogP contribution >= 0.6 is 0 Å². The van der Waals surface area contributed by atoms with Crippen LogP contribution in [0.4, 0.5) is 35.2 Å². The molecule has 0 unspecified atom stereocenters. The number of carbonyl (C=O) groups excluding carboxylic acids is 1. The van der Waals surface area contributed by atoms with E-state index in [1.807, 2.05) is 13.0 Å². The average Bonchev–Trinajstić information content (AvgIpc) is 3.19. The molecule has 0 aliphatic carbocycles. The Morgan fingerprint density at radius 1 is 1.19 bits per heavy atom. The second-order valence-electron chi connectivity index (χ2n) is 8.00. The Hall–Kier alpha value is -3.62. The predicted octanol–water partition coefficient (Wildman–Crippen LogP) is 5.10. The maximum absolute atomic E-state index is 13.3.